The lowest BCUT2D eigenvalue weighted by Crippen LogP contribution is -2.43. The molecule has 0 radical (unpaired) electrons. The molecule has 1 aliphatic rings. The first-order valence-electron chi connectivity index (χ1n) is 9.28. The predicted octanol–water partition coefficient (Wildman–Crippen LogP) is 2.42. The first kappa shape index (κ1) is 21.2. The highest BCUT2D eigenvalue weighted by atomic mass is 35.5. The second kappa shape index (κ2) is 9.32. The van der Waals surface area contributed by atoms with Gasteiger partial charge in [-0.3, -0.25) is 14.4 Å². The van der Waals surface area contributed by atoms with Gasteiger partial charge in [0, 0.05) is 30.3 Å². The summed E-state index contributed by atoms with van der Waals surface area (Å²) >= 11 is 7.14. The lowest BCUT2D eigenvalue weighted by Gasteiger charge is -2.31. The Morgan fingerprint density at radius 2 is 1.93 bits per heavy atom. The van der Waals surface area contributed by atoms with Gasteiger partial charge >= 0.3 is 11.8 Å². The Morgan fingerprint density at radius 1 is 1.21 bits per heavy atom. The minimum atomic E-state index is -0.731. The van der Waals surface area contributed by atoms with Gasteiger partial charge in [-0.05, 0) is 61.8 Å². The number of rotatable bonds is 4. The van der Waals surface area contributed by atoms with E-state index in [2.05, 4.69) is 20.2 Å². The van der Waals surface area contributed by atoms with Crippen molar-refractivity contribution in [1.29, 1.82) is 0 Å². The van der Waals surface area contributed by atoms with Crippen molar-refractivity contribution in [2.75, 3.05) is 25.0 Å². The molecule has 0 saturated carbocycles. The van der Waals surface area contributed by atoms with Gasteiger partial charge in [0.25, 0.3) is 5.91 Å². The standard InChI is InChI=1S/C19H22ClN5O3S/c1-11-3-4-14(9-15(11)20)22-18(27)17(26)21-10-13-5-7-25(8-6-13)19(28)16-12(2)23-24-29-16/h3-4,9,13H,5-8,10H2,1-2H3,(H,21,26)(H,22,27). The lowest BCUT2D eigenvalue weighted by atomic mass is 9.96. The maximum Gasteiger partial charge on any atom is 0.313 e. The van der Waals surface area contributed by atoms with Crippen LogP contribution >= 0.6 is 23.1 Å². The Morgan fingerprint density at radius 3 is 2.55 bits per heavy atom. The maximum absolute atomic E-state index is 12.5. The van der Waals surface area contributed by atoms with Crippen molar-refractivity contribution in [3.8, 4) is 0 Å². The van der Waals surface area contributed by atoms with Crippen molar-refractivity contribution in [2.45, 2.75) is 26.7 Å². The molecule has 0 atom stereocenters. The molecule has 2 N–H and O–H groups in total. The summed E-state index contributed by atoms with van der Waals surface area (Å²) in [5, 5.41) is 9.62. The molecule has 3 amide bonds. The van der Waals surface area contributed by atoms with E-state index < -0.39 is 11.8 Å². The van der Waals surface area contributed by atoms with Crippen LogP contribution in [0.15, 0.2) is 18.2 Å². The average molecular weight is 436 g/mol. The third-order valence-electron chi connectivity index (χ3n) is 4.93. The highest BCUT2D eigenvalue weighted by Crippen LogP contribution is 2.21. The molecule has 154 valence electrons. The Balaban J connectivity index is 1.43. The third-order valence-corrected chi connectivity index (χ3v) is 6.16. The summed E-state index contributed by atoms with van der Waals surface area (Å²) in [7, 11) is 0. The molecule has 1 fully saturated rings. The van der Waals surface area contributed by atoms with Crippen LogP contribution in [0.1, 0.15) is 33.8 Å². The molecule has 0 bridgehead atoms. The predicted molar refractivity (Wildman–Crippen MR) is 111 cm³/mol. The largest absolute Gasteiger partial charge is 0.348 e. The van der Waals surface area contributed by atoms with Crippen LogP contribution in [0.5, 0.6) is 0 Å². The molecule has 0 spiro atoms. The third kappa shape index (κ3) is 5.30. The van der Waals surface area contributed by atoms with Crippen molar-refractivity contribution < 1.29 is 14.4 Å². The molecular weight excluding hydrogens is 414 g/mol. The second-order valence-electron chi connectivity index (χ2n) is 7.05. The van der Waals surface area contributed by atoms with Crippen LogP contribution in [0.4, 0.5) is 5.69 Å². The topological polar surface area (TPSA) is 104 Å². The van der Waals surface area contributed by atoms with E-state index in [1.807, 2.05) is 6.92 Å². The number of carbonyl (C=O) groups excluding carboxylic acids is 3. The summed E-state index contributed by atoms with van der Waals surface area (Å²) in [6.07, 6.45) is 1.51. The number of piperidine rings is 1. The zero-order valence-corrected chi connectivity index (χ0v) is 17.8. The lowest BCUT2D eigenvalue weighted by molar-refractivity contribution is -0.136. The molecule has 0 unspecified atom stereocenters. The molecule has 2 aromatic rings. The van der Waals surface area contributed by atoms with Crippen molar-refractivity contribution in [3.05, 3.63) is 39.4 Å². The van der Waals surface area contributed by atoms with E-state index in [1.165, 1.54) is 0 Å². The van der Waals surface area contributed by atoms with Crippen molar-refractivity contribution in [2.24, 2.45) is 5.92 Å². The minimum Gasteiger partial charge on any atom is -0.348 e. The second-order valence-corrected chi connectivity index (χ2v) is 8.21. The molecule has 1 aromatic carbocycles. The molecule has 2 heterocycles. The van der Waals surface area contributed by atoms with Gasteiger partial charge in [-0.25, -0.2) is 0 Å². The van der Waals surface area contributed by atoms with Gasteiger partial charge in [-0.15, -0.1) is 5.10 Å². The molecule has 29 heavy (non-hydrogen) atoms. The number of hydrogen-bond acceptors (Lipinski definition) is 6. The first-order chi connectivity index (χ1) is 13.8. The number of halogens is 1. The van der Waals surface area contributed by atoms with E-state index in [0.29, 0.717) is 40.9 Å². The Bertz CT molecular complexity index is 924. The Labute approximate surface area is 177 Å². The van der Waals surface area contributed by atoms with Gasteiger partial charge < -0.3 is 15.5 Å². The summed E-state index contributed by atoms with van der Waals surface area (Å²) in [6.45, 7) is 5.23. The van der Waals surface area contributed by atoms with Crippen molar-refractivity contribution >= 4 is 46.5 Å². The van der Waals surface area contributed by atoms with Gasteiger partial charge in [0.2, 0.25) is 0 Å². The monoisotopic (exact) mass is 435 g/mol. The first-order valence-corrected chi connectivity index (χ1v) is 10.4. The summed E-state index contributed by atoms with van der Waals surface area (Å²) in [5.41, 5.74) is 2.01. The number of aryl methyl sites for hydroxylation is 2. The number of benzene rings is 1. The summed E-state index contributed by atoms with van der Waals surface area (Å²) in [5.74, 6) is -1.25. The smallest absolute Gasteiger partial charge is 0.313 e. The fraction of sp³-hybridized carbons (Fsp3) is 0.421. The zero-order chi connectivity index (χ0) is 21.0. The number of nitrogens with zero attached hydrogens (tertiary/aromatic N) is 3. The minimum absolute atomic E-state index is 0.0453. The number of aromatic nitrogens is 2. The van der Waals surface area contributed by atoms with E-state index in [1.54, 1.807) is 30.0 Å². The van der Waals surface area contributed by atoms with Gasteiger partial charge in [0.15, 0.2) is 0 Å². The molecule has 1 saturated heterocycles. The van der Waals surface area contributed by atoms with E-state index in [9.17, 15) is 14.4 Å². The van der Waals surface area contributed by atoms with Crippen molar-refractivity contribution in [3.63, 3.8) is 0 Å². The normalized spacial score (nSPS) is 14.5. The van der Waals surface area contributed by atoms with Crippen LogP contribution in [-0.4, -0.2) is 51.8 Å². The number of likely N-dealkylation sites (tertiary alicyclic amines) is 1. The Kier molecular flexibility index (Phi) is 6.81. The number of nitrogens with one attached hydrogen (secondary N) is 2. The maximum atomic E-state index is 12.5. The highest BCUT2D eigenvalue weighted by Gasteiger charge is 2.26. The number of hydrogen-bond donors (Lipinski definition) is 2. The molecule has 3 rings (SSSR count). The van der Waals surface area contributed by atoms with E-state index in [4.69, 9.17) is 11.6 Å². The van der Waals surface area contributed by atoms with E-state index in [0.717, 1.165) is 29.9 Å². The number of carbonyl (C=O) groups is 3. The number of anilines is 1. The zero-order valence-electron chi connectivity index (χ0n) is 16.2. The van der Waals surface area contributed by atoms with Gasteiger partial charge in [-0.2, -0.15) is 0 Å². The molecule has 8 nitrogen and oxygen atoms in total. The van der Waals surface area contributed by atoms with Crippen LogP contribution in [0.3, 0.4) is 0 Å². The molecule has 0 aliphatic carbocycles. The molecule has 10 heteroatoms. The van der Waals surface area contributed by atoms with Crippen LogP contribution in [-0.2, 0) is 9.59 Å². The molecule has 1 aromatic heterocycles. The summed E-state index contributed by atoms with van der Waals surface area (Å²) in [6, 6.07) is 5.07. The van der Waals surface area contributed by atoms with Crippen molar-refractivity contribution in [1.82, 2.24) is 19.8 Å². The summed E-state index contributed by atoms with van der Waals surface area (Å²) in [4.78, 5) is 39.0. The van der Waals surface area contributed by atoms with Crippen LogP contribution in [0.2, 0.25) is 5.02 Å². The van der Waals surface area contributed by atoms with Crippen LogP contribution in [0, 0.1) is 19.8 Å². The van der Waals surface area contributed by atoms with Gasteiger partial charge in [0.1, 0.15) is 4.88 Å². The van der Waals surface area contributed by atoms with Gasteiger partial charge in [-0.1, -0.05) is 22.2 Å². The summed E-state index contributed by atoms with van der Waals surface area (Å²) < 4.78 is 3.81. The number of amides is 3. The average Bonchev–Trinajstić information content (AvgIpc) is 3.14. The fourth-order valence-electron chi connectivity index (χ4n) is 3.09. The highest BCUT2D eigenvalue weighted by molar-refractivity contribution is 7.07. The van der Waals surface area contributed by atoms with E-state index in [-0.39, 0.29) is 11.8 Å². The van der Waals surface area contributed by atoms with Crippen LogP contribution < -0.4 is 10.6 Å². The molecular formula is C19H22ClN5O3S. The van der Waals surface area contributed by atoms with E-state index >= 15 is 0 Å². The quantitative estimate of drug-likeness (QED) is 0.717. The SMILES string of the molecule is Cc1ccc(NC(=O)C(=O)NCC2CCN(C(=O)c3snnc3C)CC2)cc1Cl. The molecule has 1 aliphatic heterocycles. The fourth-order valence-corrected chi connectivity index (χ4v) is 3.89. The van der Waals surface area contributed by atoms with Crippen LogP contribution in [0.25, 0.3) is 0 Å². The Hall–Kier alpha value is -2.52. The van der Waals surface area contributed by atoms with Gasteiger partial charge in [0.05, 0.1) is 5.69 Å².